The van der Waals surface area contributed by atoms with Gasteiger partial charge in [-0.25, -0.2) is 4.98 Å². The Morgan fingerprint density at radius 1 is 1.75 bits per heavy atom. The Kier molecular flexibility index (Phi) is 2.85. The third-order valence-corrected chi connectivity index (χ3v) is 1.51. The van der Waals surface area contributed by atoms with Crippen molar-refractivity contribution in [2.24, 2.45) is 0 Å². The minimum atomic E-state index is -0.838. The van der Waals surface area contributed by atoms with Crippen molar-refractivity contribution in [3.05, 3.63) is 18.2 Å². The van der Waals surface area contributed by atoms with Crippen LogP contribution in [0.4, 0.5) is 0 Å². The Morgan fingerprint density at radius 2 is 2.50 bits per heavy atom. The molecule has 1 rings (SSSR count). The van der Waals surface area contributed by atoms with Gasteiger partial charge in [-0.3, -0.25) is 4.79 Å². The van der Waals surface area contributed by atoms with Gasteiger partial charge in [-0.05, 0) is 6.42 Å². The Labute approximate surface area is 70.9 Å². The predicted octanol–water partition coefficient (Wildman–Crippen LogP) is 0.920. The number of carbonyl (C=O) groups is 1. The van der Waals surface area contributed by atoms with E-state index in [2.05, 4.69) is 11.9 Å². The van der Waals surface area contributed by atoms with Crippen molar-refractivity contribution in [3.63, 3.8) is 0 Å². The van der Waals surface area contributed by atoms with Crippen molar-refractivity contribution in [2.45, 2.75) is 26.3 Å². The van der Waals surface area contributed by atoms with E-state index in [4.69, 9.17) is 5.11 Å². The fraction of sp³-hybridized carbons (Fsp3) is 0.500. The number of carboxylic acids is 1. The fourth-order valence-corrected chi connectivity index (χ4v) is 1.03. The third kappa shape index (κ3) is 2.38. The summed E-state index contributed by atoms with van der Waals surface area (Å²) in [6.45, 7) is 2.06. The van der Waals surface area contributed by atoms with Gasteiger partial charge in [0.25, 0.3) is 0 Å². The van der Waals surface area contributed by atoms with Gasteiger partial charge in [0, 0.05) is 6.20 Å². The highest BCUT2D eigenvalue weighted by Crippen LogP contribution is 1.99. The van der Waals surface area contributed by atoms with Crippen LogP contribution < -0.4 is 0 Å². The van der Waals surface area contributed by atoms with Gasteiger partial charge in [0.05, 0.1) is 12.0 Å². The Morgan fingerprint density at radius 3 is 3.08 bits per heavy atom. The third-order valence-electron chi connectivity index (χ3n) is 1.51. The molecule has 0 spiro atoms. The first kappa shape index (κ1) is 8.77. The topological polar surface area (TPSA) is 55.1 Å². The van der Waals surface area contributed by atoms with E-state index in [0.29, 0.717) is 0 Å². The van der Waals surface area contributed by atoms with Crippen LogP contribution in [0.3, 0.4) is 0 Å². The molecule has 0 aliphatic heterocycles. The van der Waals surface area contributed by atoms with Gasteiger partial charge in [-0.15, -0.1) is 0 Å². The maximum absolute atomic E-state index is 10.3. The average molecular weight is 168 g/mol. The molecule has 0 atom stereocenters. The molecule has 12 heavy (non-hydrogen) atoms. The van der Waals surface area contributed by atoms with Gasteiger partial charge in [-0.1, -0.05) is 13.3 Å². The molecule has 4 nitrogen and oxygen atoms in total. The van der Waals surface area contributed by atoms with Gasteiger partial charge in [0.2, 0.25) is 0 Å². The van der Waals surface area contributed by atoms with Gasteiger partial charge in [-0.2, -0.15) is 0 Å². The number of hydrogen-bond acceptors (Lipinski definition) is 2. The minimum absolute atomic E-state index is 0.00326. The lowest BCUT2D eigenvalue weighted by atomic mass is 10.3. The van der Waals surface area contributed by atoms with Crippen LogP contribution in [0, 0.1) is 0 Å². The molecule has 0 saturated carbocycles. The summed E-state index contributed by atoms with van der Waals surface area (Å²) < 4.78 is 1.58. The molecule has 1 N–H and O–H groups in total. The highest BCUT2D eigenvalue weighted by Gasteiger charge is 2.00. The van der Waals surface area contributed by atoms with Gasteiger partial charge in [0.15, 0.2) is 0 Å². The summed E-state index contributed by atoms with van der Waals surface area (Å²) in [5, 5.41) is 8.46. The Hall–Kier alpha value is -1.32. The second-order valence-corrected chi connectivity index (χ2v) is 2.68. The molecule has 1 aromatic rings. The first-order valence-electron chi connectivity index (χ1n) is 3.95. The number of hydrogen-bond donors (Lipinski definition) is 1. The van der Waals surface area contributed by atoms with E-state index in [1.807, 2.05) is 0 Å². The summed E-state index contributed by atoms with van der Waals surface area (Å²) in [4.78, 5) is 14.3. The maximum atomic E-state index is 10.3. The van der Waals surface area contributed by atoms with Crippen molar-refractivity contribution in [1.82, 2.24) is 9.55 Å². The number of imidazole rings is 1. The number of carboxylic acid groups (broad SMARTS) is 1. The van der Waals surface area contributed by atoms with E-state index in [-0.39, 0.29) is 6.54 Å². The second-order valence-electron chi connectivity index (χ2n) is 2.68. The highest BCUT2D eigenvalue weighted by molar-refractivity contribution is 5.66. The molecule has 0 unspecified atom stereocenters. The van der Waals surface area contributed by atoms with E-state index in [1.165, 1.54) is 0 Å². The quantitative estimate of drug-likeness (QED) is 0.727. The van der Waals surface area contributed by atoms with Crippen LogP contribution >= 0.6 is 0 Å². The van der Waals surface area contributed by atoms with Crippen molar-refractivity contribution < 1.29 is 9.90 Å². The number of aromatic nitrogens is 2. The van der Waals surface area contributed by atoms with Crippen molar-refractivity contribution >= 4 is 5.97 Å². The Balaban J connectivity index is 2.58. The van der Waals surface area contributed by atoms with E-state index in [1.54, 1.807) is 17.1 Å². The first-order chi connectivity index (χ1) is 5.72. The summed E-state index contributed by atoms with van der Waals surface area (Å²) in [5.41, 5.74) is 0.957. The summed E-state index contributed by atoms with van der Waals surface area (Å²) in [6, 6.07) is 0. The smallest absolute Gasteiger partial charge is 0.323 e. The molecule has 1 heterocycles. The van der Waals surface area contributed by atoms with Gasteiger partial charge < -0.3 is 9.67 Å². The number of nitrogens with zero attached hydrogens (tertiary/aromatic N) is 2. The molecular weight excluding hydrogens is 156 g/mol. The molecule has 0 aliphatic carbocycles. The highest BCUT2D eigenvalue weighted by atomic mass is 16.4. The Bertz CT molecular complexity index is 268. The van der Waals surface area contributed by atoms with Crippen LogP contribution in [-0.2, 0) is 17.8 Å². The molecule has 0 radical (unpaired) electrons. The fourth-order valence-electron chi connectivity index (χ4n) is 1.03. The lowest BCUT2D eigenvalue weighted by molar-refractivity contribution is -0.137. The molecule has 4 heteroatoms. The predicted molar refractivity (Wildman–Crippen MR) is 43.9 cm³/mol. The summed E-state index contributed by atoms with van der Waals surface area (Å²) in [5.74, 6) is -0.838. The van der Waals surface area contributed by atoms with Crippen LogP contribution in [0.5, 0.6) is 0 Å². The number of aryl methyl sites for hydroxylation is 1. The zero-order valence-corrected chi connectivity index (χ0v) is 7.03. The van der Waals surface area contributed by atoms with Crippen LogP contribution in [0.15, 0.2) is 12.5 Å². The number of rotatable bonds is 4. The normalized spacial score (nSPS) is 10.1. The number of aliphatic carboxylic acids is 1. The molecule has 1 aromatic heterocycles. The zero-order valence-electron chi connectivity index (χ0n) is 7.03. The van der Waals surface area contributed by atoms with Crippen molar-refractivity contribution in [3.8, 4) is 0 Å². The van der Waals surface area contributed by atoms with Crippen LogP contribution in [0.25, 0.3) is 0 Å². The van der Waals surface area contributed by atoms with Gasteiger partial charge in [0.1, 0.15) is 6.54 Å². The summed E-state index contributed by atoms with van der Waals surface area (Å²) >= 11 is 0. The van der Waals surface area contributed by atoms with E-state index in [0.717, 1.165) is 18.5 Å². The van der Waals surface area contributed by atoms with E-state index < -0.39 is 5.97 Å². The molecule has 0 amide bonds. The second kappa shape index (κ2) is 3.90. The van der Waals surface area contributed by atoms with Crippen molar-refractivity contribution in [1.29, 1.82) is 0 Å². The van der Waals surface area contributed by atoms with Crippen molar-refractivity contribution in [2.75, 3.05) is 0 Å². The molecule has 0 bridgehead atoms. The summed E-state index contributed by atoms with van der Waals surface area (Å²) in [6.07, 6.45) is 5.27. The monoisotopic (exact) mass is 168 g/mol. The van der Waals surface area contributed by atoms with E-state index >= 15 is 0 Å². The average Bonchev–Trinajstić information content (AvgIpc) is 2.36. The van der Waals surface area contributed by atoms with Crippen LogP contribution in [-0.4, -0.2) is 20.6 Å². The largest absolute Gasteiger partial charge is 0.480 e. The maximum Gasteiger partial charge on any atom is 0.323 e. The van der Waals surface area contributed by atoms with Crippen LogP contribution in [0.2, 0.25) is 0 Å². The molecular formula is C8H12N2O2. The molecule has 0 saturated heterocycles. The van der Waals surface area contributed by atoms with E-state index in [9.17, 15) is 4.79 Å². The SMILES string of the molecule is CCCc1cn(CC(=O)O)cn1. The van der Waals surface area contributed by atoms with Gasteiger partial charge >= 0.3 is 5.97 Å². The lowest BCUT2D eigenvalue weighted by Gasteiger charge is -1.93. The zero-order chi connectivity index (χ0) is 8.97. The minimum Gasteiger partial charge on any atom is -0.480 e. The molecule has 0 aliphatic rings. The molecule has 0 fully saturated rings. The summed E-state index contributed by atoms with van der Waals surface area (Å²) in [7, 11) is 0. The standard InChI is InChI=1S/C8H12N2O2/c1-2-3-7-4-10(6-9-7)5-8(11)12/h4,6H,2-3,5H2,1H3,(H,11,12). The lowest BCUT2D eigenvalue weighted by Crippen LogP contribution is -2.06. The molecule has 0 aromatic carbocycles. The van der Waals surface area contributed by atoms with Crippen LogP contribution in [0.1, 0.15) is 19.0 Å². The molecule has 66 valence electrons. The first-order valence-corrected chi connectivity index (χ1v) is 3.95.